The fourth-order valence-corrected chi connectivity index (χ4v) is 3.67. The molecule has 1 aromatic rings. The lowest BCUT2D eigenvalue weighted by Crippen LogP contribution is -2.70. The number of carbonyl (C=O) groups is 1. The van der Waals surface area contributed by atoms with Crippen molar-refractivity contribution in [2.24, 2.45) is 11.3 Å². The maximum absolute atomic E-state index is 12.4. The van der Waals surface area contributed by atoms with Crippen LogP contribution in [0.5, 0.6) is 0 Å². The Morgan fingerprint density at radius 3 is 2.71 bits per heavy atom. The van der Waals surface area contributed by atoms with Crippen LogP contribution >= 0.6 is 0 Å². The number of fused-ring (bicyclic) bond motifs is 1. The number of nitrogens with zero attached hydrogens (tertiary/aromatic N) is 1. The maximum Gasteiger partial charge on any atom is 0.254 e. The number of β-lactam (4-membered cyclic amide) rings is 1. The lowest BCUT2D eigenvalue weighted by molar-refractivity contribution is -0.186. The number of amides is 1. The van der Waals surface area contributed by atoms with Gasteiger partial charge in [-0.2, -0.15) is 0 Å². The first-order valence-electron chi connectivity index (χ1n) is 7.95. The van der Waals surface area contributed by atoms with Crippen LogP contribution in [0.2, 0.25) is 0 Å². The van der Waals surface area contributed by atoms with Crippen molar-refractivity contribution in [2.45, 2.75) is 52.4 Å². The molecule has 2 aliphatic rings. The molecule has 2 aliphatic heterocycles. The van der Waals surface area contributed by atoms with Crippen LogP contribution in [-0.4, -0.2) is 29.5 Å². The Morgan fingerprint density at radius 1 is 1.29 bits per heavy atom. The SMILES string of the molecule is C[C@@H]1CCC(C)(C)[C@@H]2[C@H](OCc3ccccc3)C(=O)N2C1. The molecule has 0 N–H and O–H groups in total. The maximum atomic E-state index is 12.4. The molecule has 2 fully saturated rings. The average molecular weight is 287 g/mol. The second kappa shape index (κ2) is 5.45. The molecule has 0 aromatic heterocycles. The van der Waals surface area contributed by atoms with Gasteiger partial charge >= 0.3 is 0 Å². The van der Waals surface area contributed by atoms with Gasteiger partial charge in [0.25, 0.3) is 5.91 Å². The predicted molar refractivity (Wildman–Crippen MR) is 82.7 cm³/mol. The minimum absolute atomic E-state index is 0.139. The normalized spacial score (nSPS) is 31.3. The van der Waals surface area contributed by atoms with E-state index in [1.54, 1.807) is 0 Å². The zero-order valence-corrected chi connectivity index (χ0v) is 13.2. The smallest absolute Gasteiger partial charge is 0.254 e. The third-order valence-corrected chi connectivity index (χ3v) is 5.01. The van der Waals surface area contributed by atoms with Crippen molar-refractivity contribution in [3.63, 3.8) is 0 Å². The molecule has 1 aromatic carbocycles. The van der Waals surface area contributed by atoms with Crippen molar-refractivity contribution in [3.8, 4) is 0 Å². The van der Waals surface area contributed by atoms with E-state index in [-0.39, 0.29) is 23.5 Å². The van der Waals surface area contributed by atoms with Crippen molar-refractivity contribution in [3.05, 3.63) is 35.9 Å². The summed E-state index contributed by atoms with van der Waals surface area (Å²) in [5.74, 6) is 0.769. The van der Waals surface area contributed by atoms with E-state index in [0.717, 1.165) is 18.5 Å². The van der Waals surface area contributed by atoms with Gasteiger partial charge in [0.1, 0.15) is 0 Å². The molecular weight excluding hydrogens is 262 g/mol. The number of hydrogen-bond acceptors (Lipinski definition) is 2. The van der Waals surface area contributed by atoms with Crippen molar-refractivity contribution in [1.82, 2.24) is 4.90 Å². The van der Waals surface area contributed by atoms with E-state index in [0.29, 0.717) is 12.5 Å². The van der Waals surface area contributed by atoms with Crippen molar-refractivity contribution in [1.29, 1.82) is 0 Å². The van der Waals surface area contributed by atoms with Gasteiger partial charge in [-0.1, -0.05) is 51.1 Å². The van der Waals surface area contributed by atoms with Gasteiger partial charge in [-0.3, -0.25) is 4.79 Å². The molecule has 0 spiro atoms. The Bertz CT molecular complexity index is 511. The summed E-state index contributed by atoms with van der Waals surface area (Å²) >= 11 is 0. The van der Waals surface area contributed by atoms with Crippen LogP contribution in [-0.2, 0) is 16.1 Å². The second-order valence-corrected chi connectivity index (χ2v) is 7.29. The van der Waals surface area contributed by atoms with E-state index < -0.39 is 0 Å². The average Bonchev–Trinajstić information content (AvgIpc) is 2.57. The predicted octanol–water partition coefficient (Wildman–Crippen LogP) is 3.24. The molecule has 21 heavy (non-hydrogen) atoms. The molecule has 3 rings (SSSR count). The Hall–Kier alpha value is -1.35. The van der Waals surface area contributed by atoms with E-state index >= 15 is 0 Å². The first-order valence-corrected chi connectivity index (χ1v) is 7.95. The highest BCUT2D eigenvalue weighted by atomic mass is 16.5. The Kier molecular flexibility index (Phi) is 3.78. The summed E-state index contributed by atoms with van der Waals surface area (Å²) in [6, 6.07) is 10.3. The van der Waals surface area contributed by atoms with Gasteiger partial charge in [-0.05, 0) is 29.7 Å². The van der Waals surface area contributed by atoms with Crippen molar-refractivity contribution in [2.75, 3.05) is 6.54 Å². The van der Waals surface area contributed by atoms with Crippen LogP contribution < -0.4 is 0 Å². The van der Waals surface area contributed by atoms with Gasteiger partial charge in [0.05, 0.1) is 12.6 Å². The Balaban J connectivity index is 1.70. The molecule has 3 atom stereocenters. The van der Waals surface area contributed by atoms with E-state index in [1.807, 2.05) is 35.2 Å². The second-order valence-electron chi connectivity index (χ2n) is 7.29. The summed E-state index contributed by atoms with van der Waals surface area (Å²) in [4.78, 5) is 14.5. The zero-order chi connectivity index (χ0) is 15.0. The molecule has 0 saturated carbocycles. The summed E-state index contributed by atoms with van der Waals surface area (Å²) in [7, 11) is 0. The molecule has 0 radical (unpaired) electrons. The first kappa shape index (κ1) is 14.6. The first-order chi connectivity index (χ1) is 9.99. The van der Waals surface area contributed by atoms with Crippen LogP contribution in [0.3, 0.4) is 0 Å². The van der Waals surface area contributed by atoms with Crippen molar-refractivity contribution >= 4 is 5.91 Å². The standard InChI is InChI=1S/C18H25NO2/c1-13-9-10-18(2,3)16-15(17(20)19(16)11-13)21-12-14-7-5-4-6-8-14/h4-8,13,15-16H,9-12H2,1-3H3/t13-,15+,16+/m1/s1. The Labute approximate surface area is 127 Å². The van der Waals surface area contributed by atoms with E-state index in [9.17, 15) is 4.79 Å². The Morgan fingerprint density at radius 2 is 2.00 bits per heavy atom. The highest BCUT2D eigenvalue weighted by Gasteiger charge is 2.56. The lowest BCUT2D eigenvalue weighted by Gasteiger charge is -2.52. The third kappa shape index (κ3) is 2.71. The van der Waals surface area contributed by atoms with E-state index in [1.165, 1.54) is 6.42 Å². The van der Waals surface area contributed by atoms with Gasteiger partial charge in [0.15, 0.2) is 6.10 Å². The van der Waals surface area contributed by atoms with Crippen LogP contribution in [0.15, 0.2) is 30.3 Å². The molecule has 114 valence electrons. The molecule has 1 amide bonds. The fourth-order valence-electron chi connectivity index (χ4n) is 3.67. The number of hydrogen-bond donors (Lipinski definition) is 0. The topological polar surface area (TPSA) is 29.5 Å². The summed E-state index contributed by atoms with van der Waals surface area (Å²) in [5, 5.41) is 0. The van der Waals surface area contributed by atoms with E-state index in [4.69, 9.17) is 4.74 Å². The number of benzene rings is 1. The van der Waals surface area contributed by atoms with Crippen LogP contribution in [0.4, 0.5) is 0 Å². The summed E-state index contributed by atoms with van der Waals surface area (Å²) in [5.41, 5.74) is 1.27. The van der Waals surface area contributed by atoms with Gasteiger partial charge in [-0.15, -0.1) is 0 Å². The summed E-state index contributed by atoms with van der Waals surface area (Å²) < 4.78 is 5.98. The minimum Gasteiger partial charge on any atom is -0.361 e. The van der Waals surface area contributed by atoms with Gasteiger partial charge in [-0.25, -0.2) is 0 Å². The molecule has 3 nitrogen and oxygen atoms in total. The quantitative estimate of drug-likeness (QED) is 0.799. The van der Waals surface area contributed by atoms with Crippen LogP contribution in [0, 0.1) is 11.3 Å². The molecule has 2 saturated heterocycles. The van der Waals surface area contributed by atoms with Gasteiger partial charge in [0.2, 0.25) is 0 Å². The highest BCUT2D eigenvalue weighted by Crippen LogP contribution is 2.44. The summed E-state index contributed by atoms with van der Waals surface area (Å²) in [6.45, 7) is 8.19. The number of carbonyl (C=O) groups excluding carboxylic acids is 1. The molecular formula is C18H25NO2. The van der Waals surface area contributed by atoms with Crippen LogP contribution in [0.1, 0.15) is 39.2 Å². The van der Waals surface area contributed by atoms with Crippen LogP contribution in [0.25, 0.3) is 0 Å². The minimum atomic E-state index is -0.259. The van der Waals surface area contributed by atoms with Crippen molar-refractivity contribution < 1.29 is 9.53 Å². The fraction of sp³-hybridized carbons (Fsp3) is 0.611. The number of rotatable bonds is 3. The third-order valence-electron chi connectivity index (χ3n) is 5.01. The molecule has 2 heterocycles. The molecule has 0 bridgehead atoms. The zero-order valence-electron chi connectivity index (χ0n) is 13.2. The van der Waals surface area contributed by atoms with Gasteiger partial charge in [0, 0.05) is 6.54 Å². The van der Waals surface area contributed by atoms with Gasteiger partial charge < -0.3 is 9.64 Å². The molecule has 0 unspecified atom stereocenters. The number of ether oxygens (including phenoxy) is 1. The lowest BCUT2D eigenvalue weighted by atomic mass is 9.73. The molecule has 0 aliphatic carbocycles. The largest absolute Gasteiger partial charge is 0.361 e. The molecule has 3 heteroatoms. The monoisotopic (exact) mass is 287 g/mol. The van der Waals surface area contributed by atoms with E-state index in [2.05, 4.69) is 20.8 Å². The highest BCUT2D eigenvalue weighted by molar-refractivity contribution is 5.88. The summed E-state index contributed by atoms with van der Waals surface area (Å²) in [6.07, 6.45) is 2.09.